The Morgan fingerprint density at radius 2 is 1.89 bits per heavy atom. The van der Waals surface area contributed by atoms with Crippen molar-refractivity contribution in [2.45, 2.75) is 44.6 Å². The molecule has 2 fully saturated rings. The molecule has 1 aromatic carbocycles. The standard InChI is InChI=1S/C22H24N2O2S/c25-21(23-17-9-10-17)16-5-3-11-24(13-16)22(26)19-12-15-8-7-14-4-1-2-6-18(14)20(15)27-19/h1-2,4,6,12,16-17H,3,5,7-11,13H2,(H,23,25). The minimum atomic E-state index is -0.0568. The number of nitrogens with one attached hydrogen (secondary N) is 1. The van der Waals surface area contributed by atoms with Gasteiger partial charge in [0.05, 0.1) is 10.8 Å². The third kappa shape index (κ3) is 3.29. The maximum absolute atomic E-state index is 13.1. The monoisotopic (exact) mass is 380 g/mol. The van der Waals surface area contributed by atoms with Crippen molar-refractivity contribution >= 4 is 23.2 Å². The molecular weight excluding hydrogens is 356 g/mol. The summed E-state index contributed by atoms with van der Waals surface area (Å²) in [6.45, 7) is 1.31. The number of likely N-dealkylation sites (tertiary alicyclic amines) is 1. The van der Waals surface area contributed by atoms with Crippen molar-refractivity contribution < 1.29 is 9.59 Å². The van der Waals surface area contributed by atoms with Gasteiger partial charge < -0.3 is 10.2 Å². The van der Waals surface area contributed by atoms with Crippen LogP contribution in [-0.2, 0) is 17.6 Å². The number of hydrogen-bond acceptors (Lipinski definition) is 3. The number of benzene rings is 1. The van der Waals surface area contributed by atoms with Crippen LogP contribution in [0.2, 0.25) is 0 Å². The largest absolute Gasteiger partial charge is 0.353 e. The fourth-order valence-electron chi connectivity index (χ4n) is 4.26. The number of fused-ring (bicyclic) bond motifs is 3. The molecule has 0 radical (unpaired) electrons. The van der Waals surface area contributed by atoms with Gasteiger partial charge in [-0.2, -0.15) is 0 Å². The van der Waals surface area contributed by atoms with Gasteiger partial charge in [0.15, 0.2) is 0 Å². The lowest BCUT2D eigenvalue weighted by atomic mass is 9.91. The predicted octanol–water partition coefficient (Wildman–Crippen LogP) is 3.64. The van der Waals surface area contributed by atoms with Crippen LogP contribution >= 0.6 is 11.3 Å². The van der Waals surface area contributed by atoms with Gasteiger partial charge in [-0.25, -0.2) is 0 Å². The van der Waals surface area contributed by atoms with Crippen molar-refractivity contribution in [3.8, 4) is 10.4 Å². The topological polar surface area (TPSA) is 49.4 Å². The molecular formula is C22H24N2O2S. The molecule has 2 heterocycles. The van der Waals surface area contributed by atoms with Crippen LogP contribution in [0.4, 0.5) is 0 Å². The highest BCUT2D eigenvalue weighted by Gasteiger charge is 2.33. The van der Waals surface area contributed by atoms with Crippen LogP contribution in [0.3, 0.4) is 0 Å². The van der Waals surface area contributed by atoms with Crippen LogP contribution in [0.25, 0.3) is 10.4 Å². The minimum absolute atomic E-state index is 0.0568. The average Bonchev–Trinajstić information content (AvgIpc) is 3.41. The summed E-state index contributed by atoms with van der Waals surface area (Å²) < 4.78 is 0. The Morgan fingerprint density at radius 1 is 1.07 bits per heavy atom. The first kappa shape index (κ1) is 17.0. The summed E-state index contributed by atoms with van der Waals surface area (Å²) in [5.74, 6) is 0.170. The molecule has 0 spiro atoms. The number of amides is 2. The van der Waals surface area contributed by atoms with Crippen LogP contribution in [-0.4, -0.2) is 35.8 Å². The van der Waals surface area contributed by atoms with E-state index in [4.69, 9.17) is 0 Å². The Hall–Kier alpha value is -2.14. The first-order valence-corrected chi connectivity index (χ1v) is 10.8. The smallest absolute Gasteiger partial charge is 0.263 e. The summed E-state index contributed by atoms with van der Waals surface area (Å²) in [6.07, 6.45) is 6.04. The van der Waals surface area contributed by atoms with Gasteiger partial charge >= 0.3 is 0 Å². The Bertz CT molecular complexity index is 899. The number of nitrogens with zero attached hydrogens (tertiary/aromatic N) is 1. The number of rotatable bonds is 3. The second kappa shape index (κ2) is 6.79. The van der Waals surface area contributed by atoms with Crippen LogP contribution in [0.5, 0.6) is 0 Å². The maximum Gasteiger partial charge on any atom is 0.263 e. The van der Waals surface area contributed by atoms with Crippen molar-refractivity contribution in [1.82, 2.24) is 10.2 Å². The van der Waals surface area contributed by atoms with E-state index >= 15 is 0 Å². The highest BCUT2D eigenvalue weighted by molar-refractivity contribution is 7.17. The lowest BCUT2D eigenvalue weighted by molar-refractivity contribution is -0.126. The molecule has 0 bridgehead atoms. The van der Waals surface area contributed by atoms with Gasteiger partial charge in [-0.1, -0.05) is 24.3 Å². The second-order valence-electron chi connectivity index (χ2n) is 8.00. The van der Waals surface area contributed by atoms with E-state index < -0.39 is 0 Å². The molecule has 1 unspecified atom stereocenters. The van der Waals surface area contributed by atoms with Crippen molar-refractivity contribution in [2.75, 3.05) is 13.1 Å². The van der Waals surface area contributed by atoms with Gasteiger partial charge in [-0.15, -0.1) is 11.3 Å². The first-order chi connectivity index (χ1) is 13.2. The maximum atomic E-state index is 13.1. The lowest BCUT2D eigenvalue weighted by Crippen LogP contribution is -2.45. The zero-order chi connectivity index (χ0) is 18.4. The second-order valence-corrected chi connectivity index (χ2v) is 9.05. The molecule has 3 aliphatic rings. The highest BCUT2D eigenvalue weighted by Crippen LogP contribution is 2.40. The SMILES string of the molecule is O=C(NC1CC1)C1CCCN(C(=O)c2cc3c(s2)-c2ccccc2CC3)C1. The fraction of sp³-hybridized carbons (Fsp3) is 0.455. The number of thiophene rings is 1. The molecule has 27 heavy (non-hydrogen) atoms. The third-order valence-electron chi connectivity index (χ3n) is 5.95. The number of carbonyl (C=O) groups is 2. The molecule has 2 aliphatic carbocycles. The molecule has 1 saturated carbocycles. The molecule has 1 aliphatic heterocycles. The van der Waals surface area contributed by atoms with E-state index in [2.05, 4.69) is 35.6 Å². The average molecular weight is 381 g/mol. The van der Waals surface area contributed by atoms with E-state index in [1.165, 1.54) is 21.6 Å². The Labute approximate surface area is 163 Å². The highest BCUT2D eigenvalue weighted by atomic mass is 32.1. The molecule has 1 aromatic heterocycles. The summed E-state index contributed by atoms with van der Waals surface area (Å²) >= 11 is 1.62. The molecule has 1 N–H and O–H groups in total. The summed E-state index contributed by atoms with van der Waals surface area (Å²) in [4.78, 5) is 29.5. The first-order valence-electron chi connectivity index (χ1n) is 9.99. The van der Waals surface area contributed by atoms with Crippen LogP contribution < -0.4 is 5.32 Å². The van der Waals surface area contributed by atoms with Gasteiger partial charge in [-0.3, -0.25) is 9.59 Å². The van der Waals surface area contributed by atoms with Crippen molar-refractivity contribution in [1.29, 1.82) is 0 Å². The molecule has 2 aromatic rings. The van der Waals surface area contributed by atoms with Crippen LogP contribution in [0, 0.1) is 5.92 Å². The molecule has 5 heteroatoms. The molecule has 140 valence electrons. The number of piperidine rings is 1. The number of hydrogen-bond donors (Lipinski definition) is 1. The quantitative estimate of drug-likeness (QED) is 0.884. The van der Waals surface area contributed by atoms with E-state index in [1.807, 2.05) is 4.90 Å². The summed E-state index contributed by atoms with van der Waals surface area (Å²) in [6, 6.07) is 11.0. The van der Waals surface area contributed by atoms with Crippen LogP contribution in [0.15, 0.2) is 30.3 Å². The summed E-state index contributed by atoms with van der Waals surface area (Å²) in [7, 11) is 0. The summed E-state index contributed by atoms with van der Waals surface area (Å²) in [5, 5.41) is 3.10. The van der Waals surface area contributed by atoms with E-state index in [9.17, 15) is 9.59 Å². The molecule has 1 atom stereocenters. The predicted molar refractivity (Wildman–Crippen MR) is 107 cm³/mol. The van der Waals surface area contributed by atoms with Gasteiger partial charge in [0.2, 0.25) is 5.91 Å². The van der Waals surface area contributed by atoms with Crippen LogP contribution in [0.1, 0.15) is 46.5 Å². The van der Waals surface area contributed by atoms with E-state index in [1.54, 1.807) is 11.3 Å². The fourth-order valence-corrected chi connectivity index (χ4v) is 5.49. The third-order valence-corrected chi connectivity index (χ3v) is 7.15. The van der Waals surface area contributed by atoms with Gasteiger partial charge in [0.1, 0.15) is 0 Å². The Balaban J connectivity index is 1.34. The normalized spacial score (nSPS) is 21.3. The number of aryl methyl sites for hydroxylation is 2. The zero-order valence-corrected chi connectivity index (χ0v) is 16.2. The van der Waals surface area contributed by atoms with E-state index in [0.29, 0.717) is 12.6 Å². The molecule has 1 saturated heterocycles. The zero-order valence-electron chi connectivity index (χ0n) is 15.4. The van der Waals surface area contributed by atoms with Gasteiger partial charge in [0, 0.05) is 24.0 Å². The molecule has 2 amide bonds. The Morgan fingerprint density at radius 3 is 2.74 bits per heavy atom. The van der Waals surface area contributed by atoms with Gasteiger partial charge in [-0.05, 0) is 61.3 Å². The Kier molecular flexibility index (Phi) is 4.27. The van der Waals surface area contributed by atoms with Crippen molar-refractivity contribution in [3.05, 3.63) is 46.3 Å². The van der Waals surface area contributed by atoms with E-state index in [0.717, 1.165) is 49.9 Å². The molecule has 4 nitrogen and oxygen atoms in total. The number of carbonyl (C=O) groups excluding carboxylic acids is 2. The minimum Gasteiger partial charge on any atom is -0.353 e. The molecule has 5 rings (SSSR count). The van der Waals surface area contributed by atoms with Crippen molar-refractivity contribution in [2.24, 2.45) is 5.92 Å². The van der Waals surface area contributed by atoms with E-state index in [-0.39, 0.29) is 17.7 Å². The van der Waals surface area contributed by atoms with Gasteiger partial charge in [0.25, 0.3) is 5.91 Å². The lowest BCUT2D eigenvalue weighted by Gasteiger charge is -2.31. The van der Waals surface area contributed by atoms with Crippen molar-refractivity contribution in [3.63, 3.8) is 0 Å². The summed E-state index contributed by atoms with van der Waals surface area (Å²) in [5.41, 5.74) is 3.95.